The Morgan fingerprint density at radius 1 is 1.00 bits per heavy atom. The topological polar surface area (TPSA) is 20.2 Å². The second-order valence-corrected chi connectivity index (χ2v) is 5.62. The first kappa shape index (κ1) is 15.1. The summed E-state index contributed by atoms with van der Waals surface area (Å²) in [6.45, 7) is 4.26. The summed E-state index contributed by atoms with van der Waals surface area (Å²) in [6.07, 6.45) is 1.20. The number of benzene rings is 2. The van der Waals surface area contributed by atoms with E-state index in [4.69, 9.17) is 11.6 Å². The lowest BCUT2D eigenvalue weighted by Crippen LogP contribution is -2.32. The van der Waals surface area contributed by atoms with Crippen LogP contribution < -0.4 is 0 Å². The Bertz CT molecular complexity index is 546. The van der Waals surface area contributed by atoms with E-state index in [2.05, 4.69) is 26.0 Å². The van der Waals surface area contributed by atoms with Crippen molar-refractivity contribution in [2.75, 3.05) is 0 Å². The van der Waals surface area contributed by atoms with Crippen molar-refractivity contribution in [3.05, 3.63) is 70.7 Å². The zero-order chi connectivity index (χ0) is 14.6. The highest BCUT2D eigenvalue weighted by Crippen LogP contribution is 2.43. The monoisotopic (exact) mass is 288 g/mol. The SMILES string of the molecule is CCC(CC)(c1ccccc1)C(O)c1cccc(Cl)c1. The molecule has 20 heavy (non-hydrogen) atoms. The van der Waals surface area contributed by atoms with Crippen molar-refractivity contribution >= 4 is 11.6 Å². The average Bonchev–Trinajstić information content (AvgIpc) is 2.50. The number of aliphatic hydroxyl groups is 1. The van der Waals surface area contributed by atoms with E-state index in [1.54, 1.807) is 0 Å². The van der Waals surface area contributed by atoms with E-state index >= 15 is 0 Å². The van der Waals surface area contributed by atoms with E-state index in [1.807, 2.05) is 42.5 Å². The molecule has 1 nitrogen and oxygen atoms in total. The molecular formula is C18H21ClO. The smallest absolute Gasteiger partial charge is 0.0886 e. The van der Waals surface area contributed by atoms with E-state index in [9.17, 15) is 5.11 Å². The van der Waals surface area contributed by atoms with Crippen molar-refractivity contribution < 1.29 is 5.11 Å². The third-order valence-corrected chi connectivity index (χ3v) is 4.53. The van der Waals surface area contributed by atoms with Crippen LogP contribution in [0.25, 0.3) is 0 Å². The summed E-state index contributed by atoms with van der Waals surface area (Å²) in [5.41, 5.74) is 1.79. The zero-order valence-electron chi connectivity index (χ0n) is 12.0. The molecule has 2 heteroatoms. The van der Waals surface area contributed by atoms with Gasteiger partial charge in [0.1, 0.15) is 0 Å². The Morgan fingerprint density at radius 2 is 1.65 bits per heavy atom. The Balaban J connectivity index is 2.48. The molecule has 2 aromatic rings. The molecule has 0 radical (unpaired) electrons. The fourth-order valence-electron chi connectivity index (χ4n) is 2.97. The van der Waals surface area contributed by atoms with Crippen LogP contribution in [-0.4, -0.2) is 5.11 Å². The molecule has 0 aliphatic rings. The number of halogens is 1. The van der Waals surface area contributed by atoms with Gasteiger partial charge in [-0.1, -0.05) is 67.9 Å². The Hall–Kier alpha value is -1.31. The Morgan fingerprint density at radius 3 is 2.20 bits per heavy atom. The molecule has 0 aliphatic heterocycles. The summed E-state index contributed by atoms with van der Waals surface area (Å²) in [4.78, 5) is 0. The van der Waals surface area contributed by atoms with E-state index in [0.717, 1.165) is 18.4 Å². The highest BCUT2D eigenvalue weighted by Gasteiger charge is 2.37. The fourth-order valence-corrected chi connectivity index (χ4v) is 3.17. The third kappa shape index (κ3) is 2.74. The minimum Gasteiger partial charge on any atom is -0.387 e. The van der Waals surface area contributed by atoms with Crippen LogP contribution in [0.15, 0.2) is 54.6 Å². The quantitative estimate of drug-likeness (QED) is 0.808. The van der Waals surface area contributed by atoms with E-state index < -0.39 is 6.10 Å². The van der Waals surface area contributed by atoms with Crippen LogP contribution >= 0.6 is 11.6 Å². The zero-order valence-corrected chi connectivity index (χ0v) is 12.8. The van der Waals surface area contributed by atoms with Crippen LogP contribution in [-0.2, 0) is 5.41 Å². The predicted molar refractivity (Wildman–Crippen MR) is 85.1 cm³/mol. The van der Waals surface area contributed by atoms with Gasteiger partial charge in [-0.25, -0.2) is 0 Å². The molecule has 0 bridgehead atoms. The summed E-state index contributed by atoms with van der Waals surface area (Å²) in [5, 5.41) is 11.6. The maximum absolute atomic E-state index is 11.0. The second-order valence-electron chi connectivity index (χ2n) is 5.19. The lowest BCUT2D eigenvalue weighted by molar-refractivity contribution is 0.0727. The second kappa shape index (κ2) is 6.43. The van der Waals surface area contributed by atoms with Gasteiger partial charge in [-0.05, 0) is 36.1 Å². The van der Waals surface area contributed by atoms with Crippen molar-refractivity contribution in [1.82, 2.24) is 0 Å². The number of rotatable bonds is 5. The molecular weight excluding hydrogens is 268 g/mol. The number of aliphatic hydroxyl groups excluding tert-OH is 1. The van der Waals surface area contributed by atoms with Gasteiger partial charge in [-0.2, -0.15) is 0 Å². The van der Waals surface area contributed by atoms with Crippen LogP contribution in [0.4, 0.5) is 0 Å². The van der Waals surface area contributed by atoms with Crippen molar-refractivity contribution in [2.24, 2.45) is 0 Å². The van der Waals surface area contributed by atoms with Crippen LogP contribution in [0.3, 0.4) is 0 Å². The molecule has 2 aromatic carbocycles. The Kier molecular flexibility index (Phi) is 4.85. The number of hydrogen-bond donors (Lipinski definition) is 1. The molecule has 0 heterocycles. The largest absolute Gasteiger partial charge is 0.387 e. The molecule has 0 aliphatic carbocycles. The molecule has 1 atom stereocenters. The molecule has 2 rings (SSSR count). The fraction of sp³-hybridized carbons (Fsp3) is 0.333. The number of hydrogen-bond acceptors (Lipinski definition) is 1. The van der Waals surface area contributed by atoms with Gasteiger partial charge in [0.05, 0.1) is 6.10 Å². The summed E-state index contributed by atoms with van der Waals surface area (Å²) in [6, 6.07) is 17.8. The van der Waals surface area contributed by atoms with Gasteiger partial charge in [0.2, 0.25) is 0 Å². The van der Waals surface area contributed by atoms with Gasteiger partial charge in [0.15, 0.2) is 0 Å². The summed E-state index contributed by atoms with van der Waals surface area (Å²) >= 11 is 6.06. The van der Waals surface area contributed by atoms with Crippen LogP contribution in [0.1, 0.15) is 43.9 Å². The van der Waals surface area contributed by atoms with Crippen LogP contribution in [0.2, 0.25) is 5.02 Å². The minimum atomic E-state index is -0.557. The third-order valence-electron chi connectivity index (χ3n) is 4.30. The first-order valence-electron chi connectivity index (χ1n) is 7.13. The van der Waals surface area contributed by atoms with Crippen molar-refractivity contribution in [3.8, 4) is 0 Å². The van der Waals surface area contributed by atoms with E-state index in [0.29, 0.717) is 5.02 Å². The molecule has 0 aromatic heterocycles. The summed E-state index contributed by atoms with van der Waals surface area (Å²) < 4.78 is 0. The normalized spacial score (nSPS) is 13.2. The molecule has 1 unspecified atom stereocenters. The van der Waals surface area contributed by atoms with Crippen LogP contribution in [0.5, 0.6) is 0 Å². The maximum Gasteiger partial charge on any atom is 0.0886 e. The van der Waals surface area contributed by atoms with Crippen molar-refractivity contribution in [2.45, 2.75) is 38.2 Å². The lowest BCUT2D eigenvalue weighted by Gasteiger charge is -2.37. The van der Waals surface area contributed by atoms with Crippen LogP contribution in [0, 0.1) is 0 Å². The predicted octanol–water partition coefficient (Wildman–Crippen LogP) is 5.13. The summed E-state index contributed by atoms with van der Waals surface area (Å²) in [7, 11) is 0. The first-order chi connectivity index (χ1) is 9.64. The van der Waals surface area contributed by atoms with Gasteiger partial charge in [-0.15, -0.1) is 0 Å². The molecule has 0 fully saturated rings. The van der Waals surface area contributed by atoms with E-state index in [1.165, 1.54) is 5.56 Å². The highest BCUT2D eigenvalue weighted by molar-refractivity contribution is 6.30. The molecule has 1 N–H and O–H groups in total. The molecule has 0 saturated heterocycles. The maximum atomic E-state index is 11.0. The lowest BCUT2D eigenvalue weighted by atomic mass is 9.69. The first-order valence-corrected chi connectivity index (χ1v) is 7.51. The van der Waals surface area contributed by atoms with E-state index in [-0.39, 0.29) is 5.41 Å². The molecule has 0 spiro atoms. The molecule has 106 valence electrons. The Labute approximate surface area is 126 Å². The van der Waals surface area contributed by atoms with Gasteiger partial charge in [0.25, 0.3) is 0 Å². The van der Waals surface area contributed by atoms with Gasteiger partial charge >= 0.3 is 0 Å². The van der Waals surface area contributed by atoms with Gasteiger partial charge in [-0.3, -0.25) is 0 Å². The van der Waals surface area contributed by atoms with Crippen molar-refractivity contribution in [1.29, 1.82) is 0 Å². The molecule has 0 amide bonds. The van der Waals surface area contributed by atoms with Gasteiger partial charge in [0, 0.05) is 10.4 Å². The molecule has 0 saturated carbocycles. The minimum absolute atomic E-state index is 0.272. The standard InChI is InChI=1S/C18H21ClO/c1-3-18(4-2,15-10-6-5-7-11-15)17(20)14-9-8-12-16(19)13-14/h5-13,17,20H,3-4H2,1-2H3. The summed E-state index contributed by atoms with van der Waals surface area (Å²) in [5.74, 6) is 0. The van der Waals surface area contributed by atoms with Gasteiger partial charge < -0.3 is 5.11 Å². The van der Waals surface area contributed by atoms with Crippen molar-refractivity contribution in [3.63, 3.8) is 0 Å². The average molecular weight is 289 g/mol. The highest BCUT2D eigenvalue weighted by atomic mass is 35.5.